The summed E-state index contributed by atoms with van der Waals surface area (Å²) in [5, 5.41) is 0. The second kappa shape index (κ2) is 24.2. The zero-order valence-corrected chi connectivity index (χ0v) is 25.1. The van der Waals surface area contributed by atoms with Crippen LogP contribution in [0.1, 0.15) is 142 Å². The van der Waals surface area contributed by atoms with Gasteiger partial charge in [-0.25, -0.2) is 0 Å². The van der Waals surface area contributed by atoms with E-state index in [9.17, 15) is 0 Å². The molecule has 4 heteroatoms. The number of rotatable bonds is 22. The Morgan fingerprint density at radius 2 is 1.00 bits per heavy atom. The predicted octanol–water partition coefficient (Wildman–Crippen LogP) is 7.75. The molecule has 36 heavy (non-hydrogen) atoms. The molecule has 0 saturated heterocycles. The van der Waals surface area contributed by atoms with Gasteiger partial charge in [-0.2, -0.15) is 0 Å². The third kappa shape index (κ3) is 20.0. The van der Waals surface area contributed by atoms with Crippen molar-refractivity contribution in [1.82, 2.24) is 14.7 Å². The Hall–Kier alpha value is -1.16. The first-order valence-electron chi connectivity index (χ1n) is 16.0. The lowest BCUT2D eigenvalue weighted by atomic mass is 10.0. The number of nitrogens with zero attached hydrogens (tertiary/aromatic N) is 3. The van der Waals surface area contributed by atoms with E-state index in [0.717, 1.165) is 6.67 Å². The lowest BCUT2D eigenvalue weighted by Crippen LogP contribution is -3.07. The van der Waals surface area contributed by atoms with E-state index in [2.05, 4.69) is 67.4 Å². The van der Waals surface area contributed by atoms with Crippen LogP contribution >= 0.6 is 0 Å². The highest BCUT2D eigenvalue weighted by Gasteiger charge is 2.12. The van der Waals surface area contributed by atoms with E-state index in [1.807, 2.05) is 0 Å². The molecular formula is C32H65N4+. The van der Waals surface area contributed by atoms with Gasteiger partial charge in [0.15, 0.2) is 6.67 Å². The number of unbranched alkanes of at least 4 members (excludes halogenated alkanes) is 18. The summed E-state index contributed by atoms with van der Waals surface area (Å²) in [4.78, 5) is 8.51. The van der Waals surface area contributed by atoms with Crippen LogP contribution in [0.5, 0.6) is 0 Å². The lowest BCUT2D eigenvalue weighted by molar-refractivity contribution is -0.848. The van der Waals surface area contributed by atoms with Crippen LogP contribution in [0.4, 0.5) is 0 Å². The van der Waals surface area contributed by atoms with Crippen molar-refractivity contribution < 1.29 is 4.90 Å². The zero-order chi connectivity index (χ0) is 26.1. The molecule has 2 heterocycles. The van der Waals surface area contributed by atoms with Crippen LogP contribution in [-0.4, -0.2) is 55.2 Å². The highest BCUT2D eigenvalue weighted by molar-refractivity contribution is 4.88. The van der Waals surface area contributed by atoms with Gasteiger partial charge in [0.05, 0.1) is 19.4 Å². The minimum atomic E-state index is 1.08. The molecule has 2 rings (SSSR count). The molecule has 0 spiro atoms. The highest BCUT2D eigenvalue weighted by atomic mass is 15.3. The second-order valence-electron chi connectivity index (χ2n) is 11.5. The van der Waals surface area contributed by atoms with Crippen molar-refractivity contribution in [2.75, 3.05) is 40.5 Å². The Kier molecular flexibility index (Phi) is 22.1. The fraction of sp³-hybridized carbons (Fsp3) is 0.875. The van der Waals surface area contributed by atoms with Crippen LogP contribution in [0.25, 0.3) is 0 Å². The molecule has 0 bridgehead atoms. The summed E-state index contributed by atoms with van der Waals surface area (Å²) in [5.41, 5.74) is 0. The molecule has 0 saturated carbocycles. The number of hydrogen-bond acceptors (Lipinski definition) is 3. The van der Waals surface area contributed by atoms with E-state index >= 15 is 0 Å². The van der Waals surface area contributed by atoms with Crippen molar-refractivity contribution in [2.45, 2.75) is 142 Å². The monoisotopic (exact) mass is 506 g/mol. The molecule has 1 N–H and O–H groups in total. The Morgan fingerprint density at radius 3 is 1.42 bits per heavy atom. The molecule has 0 radical (unpaired) electrons. The summed E-state index contributed by atoms with van der Waals surface area (Å²) < 4.78 is 0. The molecular weight excluding hydrogens is 440 g/mol. The first-order valence-corrected chi connectivity index (χ1v) is 16.0. The molecule has 0 aromatic heterocycles. The fourth-order valence-electron chi connectivity index (χ4n) is 5.20. The van der Waals surface area contributed by atoms with E-state index in [-0.39, 0.29) is 0 Å². The molecule has 212 valence electrons. The second-order valence-corrected chi connectivity index (χ2v) is 11.5. The standard InChI is InChI=1S/C20H40N2.C12H24N2/c1-3-4-5-6-7-8-9-10-11-12-13-14-15-16-17-22-19-18-21(2)20-22;1-3-4-5-6-7-8-9-14-11-10-13(2)12-14/h18-19H,3-17,20H2,1-2H3;10-11H,3-9,12H2,1-2H3/p+1. The Labute approximate surface area is 227 Å². The van der Waals surface area contributed by atoms with Crippen LogP contribution in [0.2, 0.25) is 0 Å². The highest BCUT2D eigenvalue weighted by Crippen LogP contribution is 2.13. The van der Waals surface area contributed by atoms with E-state index in [0.29, 0.717) is 0 Å². The molecule has 0 amide bonds. The number of hydrogen-bond donors (Lipinski definition) is 1. The summed E-state index contributed by atoms with van der Waals surface area (Å²) in [5.74, 6) is 0. The van der Waals surface area contributed by atoms with Gasteiger partial charge < -0.3 is 14.7 Å². The SMILES string of the molecule is CCCCCCCCCCCCCCCC[NH+]1C=CN(C)C1.CCCCCCCCN1C=CN(C)C1. The van der Waals surface area contributed by atoms with Gasteiger partial charge in [-0.05, 0) is 19.3 Å². The third-order valence-electron chi connectivity index (χ3n) is 7.60. The molecule has 1 atom stereocenters. The number of nitrogens with one attached hydrogen (secondary N) is 1. The normalized spacial score (nSPS) is 16.8. The topological polar surface area (TPSA) is 14.2 Å². The van der Waals surface area contributed by atoms with Crippen LogP contribution < -0.4 is 4.90 Å². The average Bonchev–Trinajstić information content (AvgIpc) is 3.49. The summed E-state index contributed by atoms with van der Waals surface area (Å²) in [6, 6.07) is 0. The zero-order valence-electron chi connectivity index (χ0n) is 25.1. The van der Waals surface area contributed by atoms with Gasteiger partial charge in [0.2, 0.25) is 0 Å². The Bertz CT molecular complexity index is 518. The van der Waals surface area contributed by atoms with E-state index in [1.165, 1.54) is 148 Å². The first-order chi connectivity index (χ1) is 17.7. The molecule has 0 aromatic carbocycles. The molecule has 4 nitrogen and oxygen atoms in total. The van der Waals surface area contributed by atoms with Gasteiger partial charge >= 0.3 is 0 Å². The maximum atomic E-state index is 2.39. The van der Waals surface area contributed by atoms with E-state index < -0.39 is 0 Å². The minimum Gasteiger partial charge on any atom is -0.362 e. The van der Waals surface area contributed by atoms with Crippen molar-refractivity contribution in [3.05, 3.63) is 24.8 Å². The lowest BCUT2D eigenvalue weighted by Gasteiger charge is -2.17. The predicted molar refractivity (Wildman–Crippen MR) is 160 cm³/mol. The van der Waals surface area contributed by atoms with Gasteiger partial charge in [-0.15, -0.1) is 0 Å². The summed E-state index contributed by atoms with van der Waals surface area (Å²) in [6.45, 7) is 9.35. The van der Waals surface area contributed by atoms with Crippen molar-refractivity contribution in [1.29, 1.82) is 0 Å². The van der Waals surface area contributed by atoms with E-state index in [4.69, 9.17) is 0 Å². The third-order valence-corrected chi connectivity index (χ3v) is 7.60. The van der Waals surface area contributed by atoms with Crippen LogP contribution in [-0.2, 0) is 0 Å². The van der Waals surface area contributed by atoms with Crippen LogP contribution in [0.15, 0.2) is 24.8 Å². The summed E-state index contributed by atoms with van der Waals surface area (Å²) in [6.07, 6.45) is 37.5. The van der Waals surface area contributed by atoms with E-state index in [1.54, 1.807) is 4.90 Å². The molecule has 2 aliphatic rings. The molecule has 0 fully saturated rings. The Morgan fingerprint density at radius 1 is 0.528 bits per heavy atom. The maximum Gasteiger partial charge on any atom is 0.156 e. The van der Waals surface area contributed by atoms with Crippen molar-refractivity contribution in [3.63, 3.8) is 0 Å². The average molecular weight is 506 g/mol. The van der Waals surface area contributed by atoms with Gasteiger partial charge in [0.1, 0.15) is 6.20 Å². The van der Waals surface area contributed by atoms with Crippen LogP contribution in [0.3, 0.4) is 0 Å². The smallest absolute Gasteiger partial charge is 0.156 e. The molecule has 0 aromatic rings. The van der Waals surface area contributed by atoms with Crippen molar-refractivity contribution in [3.8, 4) is 0 Å². The van der Waals surface area contributed by atoms with Gasteiger partial charge in [-0.1, -0.05) is 123 Å². The summed E-state index contributed by atoms with van der Waals surface area (Å²) in [7, 11) is 4.28. The molecule has 2 aliphatic heterocycles. The Balaban J connectivity index is 0.000000397. The van der Waals surface area contributed by atoms with Crippen LogP contribution in [0, 0.1) is 0 Å². The summed E-state index contributed by atoms with van der Waals surface area (Å²) >= 11 is 0. The van der Waals surface area contributed by atoms with Crippen molar-refractivity contribution >= 4 is 0 Å². The fourth-order valence-corrected chi connectivity index (χ4v) is 5.20. The quantitative estimate of drug-likeness (QED) is 0.151. The largest absolute Gasteiger partial charge is 0.362 e. The van der Waals surface area contributed by atoms with Gasteiger partial charge in [-0.3, -0.25) is 4.90 Å². The molecule has 1 unspecified atom stereocenters. The van der Waals surface area contributed by atoms with Gasteiger partial charge in [0, 0.05) is 33.0 Å². The van der Waals surface area contributed by atoms with Crippen molar-refractivity contribution in [2.24, 2.45) is 0 Å². The molecule has 0 aliphatic carbocycles. The maximum absolute atomic E-state index is 2.39. The first kappa shape index (κ1) is 32.9. The number of quaternary nitrogens is 1. The van der Waals surface area contributed by atoms with Gasteiger partial charge in [0.25, 0.3) is 0 Å². The minimum absolute atomic E-state index is 1.08.